The Balaban J connectivity index is 1.35. The number of hydrogen-bond donors (Lipinski definition) is 2. The largest absolute Gasteiger partial charge is 0.486 e. The number of fused-ring (bicyclic) bond motifs is 1. The molecule has 28 heavy (non-hydrogen) atoms. The van der Waals surface area contributed by atoms with E-state index < -0.39 is 6.03 Å². The molecule has 1 aliphatic heterocycles. The van der Waals surface area contributed by atoms with Gasteiger partial charge in [-0.15, -0.1) is 10.2 Å². The Morgan fingerprint density at radius 2 is 1.86 bits per heavy atom. The number of urea groups is 1. The lowest BCUT2D eigenvalue weighted by Gasteiger charge is -2.18. The second-order valence-electron chi connectivity index (χ2n) is 6.17. The number of carbonyl (C=O) groups excluding carboxylic acids is 1. The molecule has 0 unspecified atom stereocenters. The summed E-state index contributed by atoms with van der Waals surface area (Å²) in [5.74, 6) is 1.29. The van der Waals surface area contributed by atoms with Gasteiger partial charge in [-0.1, -0.05) is 41.7 Å². The number of nitrogens with one attached hydrogen (secondary N) is 2. The maximum Gasteiger partial charge on any atom is 0.325 e. The molecule has 9 heteroatoms. The smallest absolute Gasteiger partial charge is 0.325 e. The summed E-state index contributed by atoms with van der Waals surface area (Å²) in [7, 11) is 1.94. The number of amides is 2. The monoisotopic (exact) mass is 397 g/mol. The summed E-state index contributed by atoms with van der Waals surface area (Å²) in [6.07, 6.45) is 0. The lowest BCUT2D eigenvalue weighted by atomic mass is 10.2. The van der Waals surface area contributed by atoms with E-state index in [2.05, 4.69) is 33.0 Å². The first-order valence-electron chi connectivity index (χ1n) is 8.73. The van der Waals surface area contributed by atoms with Crippen molar-refractivity contribution in [3.8, 4) is 11.5 Å². The normalized spacial score (nSPS) is 12.3. The van der Waals surface area contributed by atoms with Crippen molar-refractivity contribution in [2.75, 3.05) is 35.8 Å². The molecule has 1 aromatic heterocycles. The van der Waals surface area contributed by atoms with E-state index in [1.165, 1.54) is 16.9 Å². The summed E-state index contributed by atoms with van der Waals surface area (Å²) in [4.78, 5) is 14.2. The van der Waals surface area contributed by atoms with Crippen LogP contribution in [-0.4, -0.2) is 36.5 Å². The second-order valence-corrected chi connectivity index (χ2v) is 7.12. The Morgan fingerprint density at radius 1 is 1.07 bits per heavy atom. The van der Waals surface area contributed by atoms with Gasteiger partial charge >= 0.3 is 6.03 Å². The zero-order valence-electron chi connectivity index (χ0n) is 15.2. The Bertz CT molecular complexity index is 963. The molecule has 0 spiro atoms. The molecular weight excluding hydrogens is 378 g/mol. The number of anilines is 3. The standard InChI is InChI=1S/C19H19N5O3S/c1-24(12-13-5-3-2-4-6-13)19-23-22-18(28-19)21-17(25)20-14-7-8-15-16(11-14)27-10-9-26-15/h2-8,11H,9-10,12H2,1H3,(H2,20,21,22,25). The van der Waals surface area contributed by atoms with Crippen molar-refractivity contribution < 1.29 is 14.3 Å². The number of benzene rings is 2. The van der Waals surface area contributed by atoms with Crippen LogP contribution in [0.4, 0.5) is 20.7 Å². The first-order valence-corrected chi connectivity index (χ1v) is 9.55. The van der Waals surface area contributed by atoms with Crippen molar-refractivity contribution in [3.05, 3.63) is 54.1 Å². The Labute approximate surface area is 166 Å². The highest BCUT2D eigenvalue weighted by Crippen LogP contribution is 2.32. The lowest BCUT2D eigenvalue weighted by Crippen LogP contribution is -2.20. The third-order valence-electron chi connectivity index (χ3n) is 4.02. The average Bonchev–Trinajstić information content (AvgIpc) is 3.17. The summed E-state index contributed by atoms with van der Waals surface area (Å²) in [5.41, 5.74) is 1.78. The van der Waals surface area contributed by atoms with E-state index in [-0.39, 0.29) is 0 Å². The van der Waals surface area contributed by atoms with Crippen LogP contribution >= 0.6 is 11.3 Å². The molecular formula is C19H19N5O3S. The predicted octanol–water partition coefficient (Wildman–Crippen LogP) is 3.59. The van der Waals surface area contributed by atoms with Crippen LogP contribution in [0.1, 0.15) is 5.56 Å². The minimum absolute atomic E-state index is 0.398. The van der Waals surface area contributed by atoms with Gasteiger partial charge in [0.1, 0.15) is 13.2 Å². The van der Waals surface area contributed by atoms with Crippen LogP contribution in [0.15, 0.2) is 48.5 Å². The number of ether oxygens (including phenoxy) is 2. The van der Waals surface area contributed by atoms with Crippen LogP contribution in [0.2, 0.25) is 0 Å². The summed E-state index contributed by atoms with van der Waals surface area (Å²) in [6, 6.07) is 14.9. The molecule has 0 atom stereocenters. The van der Waals surface area contributed by atoms with E-state index in [0.717, 1.165) is 5.13 Å². The molecule has 0 saturated carbocycles. The van der Waals surface area contributed by atoms with Gasteiger partial charge < -0.3 is 19.7 Å². The van der Waals surface area contributed by atoms with Crippen molar-refractivity contribution in [2.24, 2.45) is 0 Å². The summed E-state index contributed by atoms with van der Waals surface area (Å²) in [6.45, 7) is 1.73. The van der Waals surface area contributed by atoms with Gasteiger partial charge in [-0.3, -0.25) is 5.32 Å². The first kappa shape index (κ1) is 18.1. The van der Waals surface area contributed by atoms with Crippen LogP contribution in [0, 0.1) is 0 Å². The average molecular weight is 397 g/mol. The number of rotatable bonds is 5. The Hall–Kier alpha value is -3.33. The molecule has 2 amide bonds. The van der Waals surface area contributed by atoms with E-state index in [9.17, 15) is 4.79 Å². The van der Waals surface area contributed by atoms with Gasteiger partial charge in [-0.25, -0.2) is 4.79 Å². The zero-order valence-corrected chi connectivity index (χ0v) is 16.0. The number of aromatic nitrogens is 2. The lowest BCUT2D eigenvalue weighted by molar-refractivity contribution is 0.171. The zero-order chi connectivity index (χ0) is 19.3. The quantitative estimate of drug-likeness (QED) is 0.684. The van der Waals surface area contributed by atoms with Gasteiger partial charge in [-0.05, 0) is 17.7 Å². The predicted molar refractivity (Wildman–Crippen MR) is 109 cm³/mol. The summed E-state index contributed by atoms with van der Waals surface area (Å²) < 4.78 is 11.0. The van der Waals surface area contributed by atoms with Gasteiger partial charge in [0.15, 0.2) is 11.5 Å². The number of hydrogen-bond acceptors (Lipinski definition) is 7. The molecule has 4 rings (SSSR count). The van der Waals surface area contributed by atoms with E-state index >= 15 is 0 Å². The van der Waals surface area contributed by atoms with E-state index in [0.29, 0.717) is 42.1 Å². The van der Waals surface area contributed by atoms with E-state index in [1.807, 2.05) is 30.1 Å². The topological polar surface area (TPSA) is 88.6 Å². The van der Waals surface area contributed by atoms with Crippen LogP contribution in [0.3, 0.4) is 0 Å². The maximum absolute atomic E-state index is 12.3. The van der Waals surface area contributed by atoms with Crippen LogP contribution in [0.25, 0.3) is 0 Å². The molecule has 3 aromatic rings. The summed E-state index contributed by atoms with van der Waals surface area (Å²) in [5, 5.41) is 14.8. The molecule has 1 aliphatic rings. The van der Waals surface area contributed by atoms with Crippen LogP contribution < -0.4 is 25.0 Å². The van der Waals surface area contributed by atoms with E-state index in [4.69, 9.17) is 9.47 Å². The third kappa shape index (κ3) is 4.32. The second kappa shape index (κ2) is 8.13. The third-order valence-corrected chi connectivity index (χ3v) is 4.98. The van der Waals surface area contributed by atoms with Gasteiger partial charge in [-0.2, -0.15) is 0 Å². The van der Waals surface area contributed by atoms with Crippen molar-refractivity contribution in [1.29, 1.82) is 0 Å². The molecule has 2 N–H and O–H groups in total. The fraction of sp³-hybridized carbons (Fsp3) is 0.211. The SMILES string of the molecule is CN(Cc1ccccc1)c1nnc(NC(=O)Nc2ccc3c(c2)OCCO3)s1. The van der Waals surface area contributed by atoms with Gasteiger partial charge in [0.25, 0.3) is 0 Å². The molecule has 8 nitrogen and oxygen atoms in total. The highest BCUT2D eigenvalue weighted by Gasteiger charge is 2.14. The van der Waals surface area contributed by atoms with Crippen molar-refractivity contribution in [2.45, 2.75) is 6.54 Å². The van der Waals surface area contributed by atoms with E-state index in [1.54, 1.807) is 18.2 Å². The highest BCUT2D eigenvalue weighted by atomic mass is 32.1. The molecule has 0 bridgehead atoms. The molecule has 0 saturated heterocycles. The van der Waals surface area contributed by atoms with Crippen molar-refractivity contribution in [3.63, 3.8) is 0 Å². The van der Waals surface area contributed by atoms with Gasteiger partial charge in [0.05, 0.1) is 0 Å². The molecule has 0 radical (unpaired) electrons. The van der Waals surface area contributed by atoms with Gasteiger partial charge in [0.2, 0.25) is 10.3 Å². The molecule has 144 valence electrons. The van der Waals surface area contributed by atoms with Crippen LogP contribution in [-0.2, 0) is 6.54 Å². The molecule has 2 heterocycles. The van der Waals surface area contributed by atoms with Crippen molar-refractivity contribution in [1.82, 2.24) is 10.2 Å². The molecule has 0 aliphatic carbocycles. The maximum atomic E-state index is 12.3. The fourth-order valence-corrected chi connectivity index (χ4v) is 3.43. The number of nitrogens with zero attached hydrogens (tertiary/aromatic N) is 3. The fourth-order valence-electron chi connectivity index (χ4n) is 2.73. The minimum atomic E-state index is -0.398. The highest BCUT2D eigenvalue weighted by molar-refractivity contribution is 7.19. The molecule has 0 fully saturated rings. The Kier molecular flexibility index (Phi) is 5.24. The first-order chi connectivity index (χ1) is 13.7. The van der Waals surface area contributed by atoms with Gasteiger partial charge in [0, 0.05) is 25.3 Å². The van der Waals surface area contributed by atoms with Crippen molar-refractivity contribution >= 4 is 33.3 Å². The number of carbonyl (C=O) groups is 1. The summed E-state index contributed by atoms with van der Waals surface area (Å²) >= 11 is 1.31. The molecule has 2 aromatic carbocycles. The Morgan fingerprint density at radius 3 is 2.68 bits per heavy atom. The van der Waals surface area contributed by atoms with Crippen LogP contribution in [0.5, 0.6) is 11.5 Å². The minimum Gasteiger partial charge on any atom is -0.486 e.